The molecule has 0 spiro atoms. The van der Waals surface area contributed by atoms with Crippen LogP contribution in [0, 0.1) is 4.91 Å². The van der Waals surface area contributed by atoms with E-state index >= 15 is 0 Å². The lowest BCUT2D eigenvalue weighted by Gasteiger charge is -2.22. The first kappa shape index (κ1) is 12.7. The van der Waals surface area contributed by atoms with Gasteiger partial charge in [0.15, 0.2) is 0 Å². The van der Waals surface area contributed by atoms with E-state index in [-0.39, 0.29) is 0 Å². The largest absolute Gasteiger partial charge is 0.232 e. The van der Waals surface area contributed by atoms with Crippen LogP contribution in [0.1, 0.15) is 50.7 Å². The summed E-state index contributed by atoms with van der Waals surface area (Å²) in [6.45, 7) is 8.51. The Hall–Kier alpha value is -1.38. The van der Waals surface area contributed by atoms with Crippen LogP contribution >= 0.6 is 0 Å². The van der Waals surface area contributed by atoms with Crippen LogP contribution in [-0.2, 0) is 0 Å². The summed E-state index contributed by atoms with van der Waals surface area (Å²) in [5, 5.41) is 4.46. The van der Waals surface area contributed by atoms with E-state index in [1.54, 1.807) is 7.05 Å². The smallest absolute Gasteiger partial charge is 0.0692 e. The van der Waals surface area contributed by atoms with E-state index in [0.29, 0.717) is 11.8 Å². The van der Waals surface area contributed by atoms with E-state index in [1.165, 1.54) is 16.1 Å². The monoisotopic (exact) mass is 220 g/mol. The first-order valence-electron chi connectivity index (χ1n) is 5.68. The van der Waals surface area contributed by atoms with E-state index in [9.17, 15) is 4.91 Å². The highest BCUT2D eigenvalue weighted by Crippen LogP contribution is 2.34. The van der Waals surface area contributed by atoms with Crippen LogP contribution in [0.15, 0.2) is 23.5 Å². The van der Waals surface area contributed by atoms with Crippen molar-refractivity contribution >= 4 is 5.69 Å². The molecule has 0 saturated heterocycles. The first-order chi connectivity index (χ1) is 7.49. The van der Waals surface area contributed by atoms with Crippen molar-refractivity contribution in [1.82, 2.24) is 0 Å². The lowest BCUT2D eigenvalue weighted by atomic mass is 9.92. The molecule has 16 heavy (non-hydrogen) atoms. The number of anilines is 1. The number of nitroso groups, excluding NO2 is 1. The first-order valence-corrected chi connectivity index (χ1v) is 5.68. The summed E-state index contributed by atoms with van der Waals surface area (Å²) in [6, 6.07) is 6.17. The molecule has 1 aromatic carbocycles. The second-order valence-corrected chi connectivity index (χ2v) is 4.70. The molecule has 0 radical (unpaired) electrons. The van der Waals surface area contributed by atoms with Gasteiger partial charge in [0, 0.05) is 7.05 Å². The highest BCUT2D eigenvalue weighted by molar-refractivity contribution is 5.61. The third kappa shape index (κ3) is 2.40. The van der Waals surface area contributed by atoms with Gasteiger partial charge in [-0.3, -0.25) is 0 Å². The third-order valence-electron chi connectivity index (χ3n) is 2.79. The van der Waals surface area contributed by atoms with Crippen molar-refractivity contribution in [2.45, 2.75) is 39.5 Å². The minimum Gasteiger partial charge on any atom is -0.232 e. The molecule has 0 aliphatic heterocycles. The molecule has 0 unspecified atom stereocenters. The van der Waals surface area contributed by atoms with Crippen molar-refractivity contribution in [3.63, 3.8) is 0 Å². The van der Waals surface area contributed by atoms with Crippen molar-refractivity contribution in [1.29, 1.82) is 0 Å². The number of hydrogen-bond acceptors (Lipinski definition) is 2. The van der Waals surface area contributed by atoms with Gasteiger partial charge in [-0.05, 0) is 23.0 Å². The third-order valence-corrected chi connectivity index (χ3v) is 2.79. The Labute approximate surface area is 97.4 Å². The van der Waals surface area contributed by atoms with Crippen LogP contribution in [0.3, 0.4) is 0 Å². The predicted octanol–water partition coefficient (Wildman–Crippen LogP) is 4.05. The van der Waals surface area contributed by atoms with Gasteiger partial charge in [-0.2, -0.15) is 0 Å². The molecule has 0 fully saturated rings. The van der Waals surface area contributed by atoms with Gasteiger partial charge in [0.05, 0.1) is 11.0 Å². The van der Waals surface area contributed by atoms with Gasteiger partial charge in [0.2, 0.25) is 0 Å². The van der Waals surface area contributed by atoms with Gasteiger partial charge < -0.3 is 0 Å². The summed E-state index contributed by atoms with van der Waals surface area (Å²) < 4.78 is 0. The summed E-state index contributed by atoms with van der Waals surface area (Å²) >= 11 is 0. The maximum Gasteiger partial charge on any atom is 0.0692 e. The molecule has 0 amide bonds. The van der Waals surface area contributed by atoms with E-state index in [4.69, 9.17) is 0 Å². The highest BCUT2D eigenvalue weighted by atomic mass is 16.3. The lowest BCUT2D eigenvalue weighted by Crippen LogP contribution is -2.13. The Bertz CT molecular complexity index is 346. The fourth-order valence-electron chi connectivity index (χ4n) is 1.93. The molecule has 88 valence electrons. The normalized spacial score (nSPS) is 10.9. The number of hydrogen-bond donors (Lipinski definition) is 0. The molecule has 0 aromatic heterocycles. The molecule has 0 N–H and O–H groups in total. The van der Waals surface area contributed by atoms with Crippen LogP contribution in [-0.4, -0.2) is 7.05 Å². The standard InChI is InChI=1S/C13H20N2O/c1-9(2)11-7-6-8-12(10(3)4)13(11)15(5)14-16/h6-10H,1-5H3. The molecule has 0 aliphatic rings. The topological polar surface area (TPSA) is 32.7 Å². The van der Waals surface area contributed by atoms with Crippen molar-refractivity contribution in [2.24, 2.45) is 5.29 Å². The van der Waals surface area contributed by atoms with Crippen molar-refractivity contribution in [3.05, 3.63) is 34.2 Å². The van der Waals surface area contributed by atoms with Crippen LogP contribution in [0.5, 0.6) is 0 Å². The second kappa shape index (κ2) is 5.10. The fourth-order valence-corrected chi connectivity index (χ4v) is 1.93. The molecular formula is C13H20N2O. The predicted molar refractivity (Wildman–Crippen MR) is 68.8 cm³/mol. The maximum atomic E-state index is 10.7. The molecule has 0 saturated carbocycles. The van der Waals surface area contributed by atoms with Gasteiger partial charge in [0.1, 0.15) is 0 Å². The van der Waals surface area contributed by atoms with Gasteiger partial charge in [0.25, 0.3) is 0 Å². The lowest BCUT2D eigenvalue weighted by molar-refractivity contribution is 0.812. The fraction of sp³-hybridized carbons (Fsp3) is 0.538. The highest BCUT2D eigenvalue weighted by Gasteiger charge is 2.17. The number of rotatable bonds is 4. The zero-order valence-corrected chi connectivity index (χ0v) is 10.7. The minimum atomic E-state index is 0.387. The van der Waals surface area contributed by atoms with E-state index in [2.05, 4.69) is 45.1 Å². The Kier molecular flexibility index (Phi) is 4.05. The molecule has 0 bridgehead atoms. The average Bonchev–Trinajstić information content (AvgIpc) is 2.26. The second-order valence-electron chi connectivity index (χ2n) is 4.70. The van der Waals surface area contributed by atoms with Crippen LogP contribution in [0.25, 0.3) is 0 Å². The SMILES string of the molecule is CC(C)c1cccc(C(C)C)c1N(C)N=O. The molecular weight excluding hydrogens is 200 g/mol. The Morgan fingerprint density at radius 3 is 1.81 bits per heavy atom. The zero-order valence-electron chi connectivity index (χ0n) is 10.7. The van der Waals surface area contributed by atoms with Gasteiger partial charge >= 0.3 is 0 Å². The van der Waals surface area contributed by atoms with Crippen LogP contribution < -0.4 is 5.01 Å². The molecule has 3 heteroatoms. The summed E-state index contributed by atoms with van der Waals surface area (Å²) in [5.74, 6) is 0.774. The number of benzene rings is 1. The summed E-state index contributed by atoms with van der Waals surface area (Å²) in [6.07, 6.45) is 0. The van der Waals surface area contributed by atoms with Crippen LogP contribution in [0.2, 0.25) is 0 Å². The zero-order chi connectivity index (χ0) is 12.3. The summed E-state index contributed by atoms with van der Waals surface area (Å²) in [7, 11) is 1.71. The number of nitrogens with zero attached hydrogens (tertiary/aromatic N) is 2. The molecule has 1 rings (SSSR count). The number of para-hydroxylation sites is 1. The Morgan fingerprint density at radius 2 is 1.50 bits per heavy atom. The van der Waals surface area contributed by atoms with E-state index in [1.807, 2.05) is 6.07 Å². The van der Waals surface area contributed by atoms with Gasteiger partial charge in [-0.25, -0.2) is 5.01 Å². The Morgan fingerprint density at radius 1 is 1.06 bits per heavy atom. The molecule has 0 heterocycles. The van der Waals surface area contributed by atoms with Crippen molar-refractivity contribution in [2.75, 3.05) is 12.1 Å². The van der Waals surface area contributed by atoms with Crippen LogP contribution in [0.4, 0.5) is 5.69 Å². The Balaban J connectivity index is 3.40. The quantitative estimate of drug-likeness (QED) is 0.566. The molecule has 0 aliphatic carbocycles. The summed E-state index contributed by atoms with van der Waals surface area (Å²) in [4.78, 5) is 10.7. The average molecular weight is 220 g/mol. The minimum absolute atomic E-state index is 0.387. The molecule has 1 aromatic rings. The summed E-state index contributed by atoms with van der Waals surface area (Å²) in [5.41, 5.74) is 3.31. The van der Waals surface area contributed by atoms with Crippen molar-refractivity contribution in [3.8, 4) is 0 Å². The maximum absolute atomic E-state index is 10.7. The molecule has 0 atom stereocenters. The van der Waals surface area contributed by atoms with E-state index in [0.717, 1.165) is 5.69 Å². The van der Waals surface area contributed by atoms with Crippen molar-refractivity contribution < 1.29 is 0 Å². The van der Waals surface area contributed by atoms with Gasteiger partial charge in [-0.15, -0.1) is 4.91 Å². The van der Waals surface area contributed by atoms with Gasteiger partial charge in [-0.1, -0.05) is 45.9 Å². The van der Waals surface area contributed by atoms with E-state index < -0.39 is 0 Å². The molecule has 3 nitrogen and oxygen atoms in total.